The molecule has 0 saturated carbocycles. The van der Waals surface area contributed by atoms with Crippen molar-refractivity contribution in [2.45, 2.75) is 33.1 Å². The third kappa shape index (κ3) is 5.82. The Morgan fingerprint density at radius 1 is 1.06 bits per heavy atom. The molecule has 0 atom stereocenters. The Bertz CT molecular complexity index is 343. The fourth-order valence-corrected chi connectivity index (χ4v) is 1.64. The van der Waals surface area contributed by atoms with Crippen LogP contribution in [0.1, 0.15) is 31.4 Å². The van der Waals surface area contributed by atoms with Gasteiger partial charge in [-0.05, 0) is 30.9 Å². The molecule has 0 fully saturated rings. The number of rotatable bonds is 8. The lowest BCUT2D eigenvalue weighted by Gasteiger charge is -2.05. The number of hydrogen-bond acceptors (Lipinski definition) is 3. The van der Waals surface area contributed by atoms with Gasteiger partial charge < -0.3 is 9.47 Å². The first-order valence-electron chi connectivity index (χ1n) is 6.57. The summed E-state index contributed by atoms with van der Waals surface area (Å²) in [6.07, 6.45) is 2.32. The van der Waals surface area contributed by atoms with E-state index >= 15 is 0 Å². The summed E-state index contributed by atoms with van der Waals surface area (Å²) >= 11 is 0. The van der Waals surface area contributed by atoms with Crippen molar-refractivity contribution < 1.29 is 14.3 Å². The fraction of sp³-hybridized carbons (Fsp3) is 0.533. The second kappa shape index (κ2) is 8.70. The number of esters is 1. The molecule has 3 heteroatoms. The molecule has 0 amide bonds. The van der Waals surface area contributed by atoms with Crippen LogP contribution in [0.4, 0.5) is 0 Å². The van der Waals surface area contributed by atoms with Crippen molar-refractivity contribution in [2.24, 2.45) is 0 Å². The lowest BCUT2D eigenvalue weighted by atomic mass is 10.1. The van der Waals surface area contributed by atoms with Gasteiger partial charge in [0.25, 0.3) is 0 Å². The molecule has 1 aromatic carbocycles. The van der Waals surface area contributed by atoms with Crippen molar-refractivity contribution in [2.75, 3.05) is 19.8 Å². The summed E-state index contributed by atoms with van der Waals surface area (Å²) in [4.78, 5) is 11.3. The predicted molar refractivity (Wildman–Crippen MR) is 71.6 cm³/mol. The normalized spacial score (nSPS) is 10.3. The van der Waals surface area contributed by atoms with Crippen LogP contribution in [-0.4, -0.2) is 25.8 Å². The molecule has 0 aliphatic carbocycles. The lowest BCUT2D eigenvalue weighted by Crippen LogP contribution is -2.07. The highest BCUT2D eigenvalue weighted by Crippen LogP contribution is 2.07. The summed E-state index contributed by atoms with van der Waals surface area (Å²) in [5.41, 5.74) is 2.23. The standard InChI is InChI=1S/C15H22O3/c1-3-10-17-11-9-13-5-7-14(8-6-13)12-15(16)18-4-2/h5-8H,3-4,9-12H2,1-2H3. The first-order valence-corrected chi connectivity index (χ1v) is 6.57. The zero-order valence-electron chi connectivity index (χ0n) is 11.3. The van der Waals surface area contributed by atoms with E-state index in [2.05, 4.69) is 6.92 Å². The third-order valence-corrected chi connectivity index (χ3v) is 2.56. The van der Waals surface area contributed by atoms with Crippen LogP contribution in [0.15, 0.2) is 24.3 Å². The molecule has 0 N–H and O–H groups in total. The Morgan fingerprint density at radius 2 is 1.72 bits per heavy atom. The fourth-order valence-electron chi connectivity index (χ4n) is 1.64. The average molecular weight is 250 g/mol. The second-order valence-corrected chi connectivity index (χ2v) is 4.16. The summed E-state index contributed by atoms with van der Waals surface area (Å²) < 4.78 is 10.3. The van der Waals surface area contributed by atoms with Crippen LogP contribution in [0, 0.1) is 0 Å². The molecule has 18 heavy (non-hydrogen) atoms. The molecule has 0 aromatic heterocycles. The van der Waals surface area contributed by atoms with Gasteiger partial charge in [0.2, 0.25) is 0 Å². The van der Waals surface area contributed by atoms with E-state index in [1.807, 2.05) is 31.2 Å². The molecule has 0 radical (unpaired) electrons. The summed E-state index contributed by atoms with van der Waals surface area (Å²) in [6.45, 7) is 5.93. The predicted octanol–water partition coefficient (Wildman–Crippen LogP) is 2.76. The summed E-state index contributed by atoms with van der Waals surface area (Å²) in [7, 11) is 0. The van der Waals surface area contributed by atoms with Crippen molar-refractivity contribution >= 4 is 5.97 Å². The van der Waals surface area contributed by atoms with E-state index in [9.17, 15) is 4.79 Å². The van der Waals surface area contributed by atoms with E-state index in [0.29, 0.717) is 13.0 Å². The van der Waals surface area contributed by atoms with Crippen molar-refractivity contribution in [3.05, 3.63) is 35.4 Å². The van der Waals surface area contributed by atoms with Gasteiger partial charge in [0.15, 0.2) is 0 Å². The monoisotopic (exact) mass is 250 g/mol. The molecule has 0 spiro atoms. The number of ether oxygens (including phenoxy) is 2. The van der Waals surface area contributed by atoms with Gasteiger partial charge in [-0.3, -0.25) is 4.79 Å². The van der Waals surface area contributed by atoms with E-state index in [1.165, 1.54) is 5.56 Å². The van der Waals surface area contributed by atoms with Crippen LogP contribution < -0.4 is 0 Å². The molecular weight excluding hydrogens is 228 g/mol. The molecule has 0 bridgehead atoms. The first-order chi connectivity index (χ1) is 8.76. The molecule has 100 valence electrons. The maximum atomic E-state index is 11.3. The molecule has 0 aliphatic rings. The number of carbonyl (C=O) groups is 1. The lowest BCUT2D eigenvalue weighted by molar-refractivity contribution is -0.142. The highest BCUT2D eigenvalue weighted by atomic mass is 16.5. The minimum atomic E-state index is -0.170. The van der Waals surface area contributed by atoms with Gasteiger partial charge in [0, 0.05) is 6.61 Å². The van der Waals surface area contributed by atoms with Crippen LogP contribution in [0.25, 0.3) is 0 Å². The minimum Gasteiger partial charge on any atom is -0.466 e. The van der Waals surface area contributed by atoms with Crippen LogP contribution >= 0.6 is 0 Å². The van der Waals surface area contributed by atoms with Crippen molar-refractivity contribution in [3.8, 4) is 0 Å². The Labute approximate surface area is 109 Å². The van der Waals surface area contributed by atoms with Crippen molar-refractivity contribution in [1.82, 2.24) is 0 Å². The molecule has 1 aromatic rings. The van der Waals surface area contributed by atoms with Gasteiger partial charge in [0.05, 0.1) is 19.6 Å². The van der Waals surface area contributed by atoms with Crippen molar-refractivity contribution in [3.63, 3.8) is 0 Å². The van der Waals surface area contributed by atoms with Crippen molar-refractivity contribution in [1.29, 1.82) is 0 Å². The third-order valence-electron chi connectivity index (χ3n) is 2.56. The maximum absolute atomic E-state index is 11.3. The Kier molecular flexibility index (Phi) is 7.11. The highest BCUT2D eigenvalue weighted by molar-refractivity contribution is 5.72. The zero-order chi connectivity index (χ0) is 13.2. The largest absolute Gasteiger partial charge is 0.466 e. The Balaban J connectivity index is 2.35. The molecule has 3 nitrogen and oxygen atoms in total. The zero-order valence-corrected chi connectivity index (χ0v) is 11.3. The number of hydrogen-bond donors (Lipinski definition) is 0. The van der Waals surface area contributed by atoms with Gasteiger partial charge in [-0.2, -0.15) is 0 Å². The Morgan fingerprint density at radius 3 is 2.33 bits per heavy atom. The minimum absolute atomic E-state index is 0.170. The molecule has 1 rings (SSSR count). The number of benzene rings is 1. The molecule has 0 unspecified atom stereocenters. The van der Waals surface area contributed by atoms with E-state index in [-0.39, 0.29) is 5.97 Å². The number of carbonyl (C=O) groups excluding carboxylic acids is 1. The van der Waals surface area contributed by atoms with Gasteiger partial charge in [-0.1, -0.05) is 31.2 Å². The van der Waals surface area contributed by atoms with Gasteiger partial charge in [-0.25, -0.2) is 0 Å². The summed E-state index contributed by atoms with van der Waals surface area (Å²) in [6, 6.07) is 8.05. The van der Waals surface area contributed by atoms with Crippen LogP contribution in [0.5, 0.6) is 0 Å². The van der Waals surface area contributed by atoms with E-state index in [4.69, 9.17) is 9.47 Å². The van der Waals surface area contributed by atoms with E-state index in [0.717, 1.165) is 31.6 Å². The van der Waals surface area contributed by atoms with Crippen LogP contribution in [-0.2, 0) is 27.1 Å². The molecular formula is C15H22O3. The summed E-state index contributed by atoms with van der Waals surface area (Å²) in [5, 5.41) is 0. The summed E-state index contributed by atoms with van der Waals surface area (Å²) in [5.74, 6) is -0.170. The average Bonchev–Trinajstić information content (AvgIpc) is 2.37. The smallest absolute Gasteiger partial charge is 0.310 e. The highest BCUT2D eigenvalue weighted by Gasteiger charge is 2.03. The Hall–Kier alpha value is -1.35. The second-order valence-electron chi connectivity index (χ2n) is 4.16. The topological polar surface area (TPSA) is 35.5 Å². The van der Waals surface area contributed by atoms with Gasteiger partial charge in [0.1, 0.15) is 0 Å². The maximum Gasteiger partial charge on any atom is 0.310 e. The molecule has 0 heterocycles. The molecule has 0 saturated heterocycles. The van der Waals surface area contributed by atoms with Gasteiger partial charge >= 0.3 is 5.97 Å². The van der Waals surface area contributed by atoms with Crippen LogP contribution in [0.3, 0.4) is 0 Å². The quantitative estimate of drug-likeness (QED) is 0.525. The first kappa shape index (κ1) is 14.7. The SMILES string of the molecule is CCCOCCc1ccc(CC(=O)OCC)cc1. The van der Waals surface area contributed by atoms with Gasteiger partial charge in [-0.15, -0.1) is 0 Å². The van der Waals surface area contributed by atoms with Crippen LogP contribution in [0.2, 0.25) is 0 Å². The molecule has 0 aliphatic heterocycles. The van der Waals surface area contributed by atoms with E-state index < -0.39 is 0 Å². The van der Waals surface area contributed by atoms with E-state index in [1.54, 1.807) is 0 Å².